The first-order valence-corrected chi connectivity index (χ1v) is 9.62. The lowest BCUT2D eigenvalue weighted by atomic mass is 9.79. The fourth-order valence-electron chi connectivity index (χ4n) is 4.45. The maximum absolute atomic E-state index is 13.0. The van der Waals surface area contributed by atoms with Crippen LogP contribution in [0.5, 0.6) is 0 Å². The molecule has 0 aromatic carbocycles. The fourth-order valence-corrected chi connectivity index (χ4v) is 4.45. The molecule has 2 aromatic rings. The topological polar surface area (TPSA) is 93.8 Å². The van der Waals surface area contributed by atoms with Crippen molar-refractivity contribution in [1.29, 1.82) is 0 Å². The number of aromatic nitrogens is 4. The van der Waals surface area contributed by atoms with E-state index in [1.165, 1.54) is 0 Å². The minimum atomic E-state index is -0.437. The molecule has 10 heteroatoms. The van der Waals surface area contributed by atoms with Crippen molar-refractivity contribution in [1.82, 2.24) is 30.0 Å². The highest BCUT2D eigenvalue weighted by Crippen LogP contribution is 2.38. The molecular formula is C19H28Cl2N6O2. The molecule has 0 unspecified atom stereocenters. The van der Waals surface area contributed by atoms with E-state index < -0.39 is 6.04 Å². The molecule has 1 fully saturated rings. The van der Waals surface area contributed by atoms with Gasteiger partial charge in [-0.25, -0.2) is 4.98 Å². The molecule has 2 bridgehead atoms. The first-order chi connectivity index (χ1) is 13.0. The van der Waals surface area contributed by atoms with Crippen LogP contribution in [0.1, 0.15) is 42.1 Å². The maximum atomic E-state index is 13.0. The fraction of sp³-hybridized carbons (Fsp3) is 0.579. The van der Waals surface area contributed by atoms with E-state index in [0.717, 1.165) is 43.3 Å². The van der Waals surface area contributed by atoms with Crippen molar-refractivity contribution >= 4 is 30.7 Å². The molecule has 3 atom stereocenters. The third-order valence-electron chi connectivity index (χ3n) is 5.63. The van der Waals surface area contributed by atoms with E-state index in [9.17, 15) is 9.59 Å². The molecule has 2 N–H and O–H groups in total. The molecule has 2 aromatic heterocycles. The number of pyridine rings is 1. The first-order valence-electron chi connectivity index (χ1n) is 9.62. The van der Waals surface area contributed by atoms with E-state index in [-0.39, 0.29) is 42.2 Å². The van der Waals surface area contributed by atoms with Crippen LogP contribution in [-0.2, 0) is 11.3 Å². The highest BCUT2D eigenvalue weighted by molar-refractivity contribution is 5.85. The number of hydrogen-bond acceptors (Lipinski definition) is 5. The average molecular weight is 443 g/mol. The number of halogens is 2. The normalized spacial score (nSPS) is 22.1. The number of nitrogens with one attached hydrogen (secondary N) is 2. The van der Waals surface area contributed by atoms with Gasteiger partial charge in [-0.2, -0.15) is 5.10 Å². The number of hydrogen-bond donors (Lipinski definition) is 2. The molecule has 2 aliphatic rings. The first kappa shape index (κ1) is 23.4. The molecule has 4 rings (SSSR count). The van der Waals surface area contributed by atoms with Crippen LogP contribution in [0.25, 0.3) is 0 Å². The van der Waals surface area contributed by atoms with Crippen LogP contribution < -0.4 is 16.2 Å². The predicted molar refractivity (Wildman–Crippen MR) is 115 cm³/mol. The zero-order valence-corrected chi connectivity index (χ0v) is 18.3. The number of carbonyl (C=O) groups excluding carboxylic acids is 1. The lowest BCUT2D eigenvalue weighted by Gasteiger charge is -2.42. The second-order valence-electron chi connectivity index (χ2n) is 7.53. The highest BCUT2D eigenvalue weighted by atomic mass is 35.5. The Morgan fingerprint density at radius 2 is 2.07 bits per heavy atom. The summed E-state index contributed by atoms with van der Waals surface area (Å²) in [6.45, 7) is 6.69. The molecule has 4 heterocycles. The quantitative estimate of drug-likeness (QED) is 0.681. The van der Waals surface area contributed by atoms with Gasteiger partial charge in [-0.15, -0.1) is 24.8 Å². The summed E-state index contributed by atoms with van der Waals surface area (Å²) in [5.41, 5.74) is 0.887. The van der Waals surface area contributed by atoms with Gasteiger partial charge in [-0.3, -0.25) is 18.8 Å². The third kappa shape index (κ3) is 4.65. The molecule has 8 nitrogen and oxygen atoms in total. The summed E-state index contributed by atoms with van der Waals surface area (Å²) < 4.78 is 3.58. The van der Waals surface area contributed by atoms with Gasteiger partial charge in [0.05, 0.1) is 0 Å². The minimum Gasteiger partial charge on any atom is -0.354 e. The van der Waals surface area contributed by atoms with Gasteiger partial charge in [0, 0.05) is 49.8 Å². The van der Waals surface area contributed by atoms with E-state index in [0.29, 0.717) is 19.0 Å². The van der Waals surface area contributed by atoms with Gasteiger partial charge >= 0.3 is 0 Å². The highest BCUT2D eigenvalue weighted by Gasteiger charge is 2.41. The van der Waals surface area contributed by atoms with E-state index in [1.54, 1.807) is 16.7 Å². The Labute approximate surface area is 182 Å². The van der Waals surface area contributed by atoms with Gasteiger partial charge in [-0.05, 0) is 32.8 Å². The van der Waals surface area contributed by atoms with Crippen LogP contribution in [0.2, 0.25) is 0 Å². The Balaban J connectivity index is 0.00000150. The van der Waals surface area contributed by atoms with Crippen molar-refractivity contribution in [3.63, 3.8) is 0 Å². The van der Waals surface area contributed by atoms with Gasteiger partial charge in [0.25, 0.3) is 5.56 Å². The number of nitrogens with zero attached hydrogens (tertiary/aromatic N) is 4. The zero-order valence-electron chi connectivity index (χ0n) is 16.6. The molecule has 1 amide bonds. The standard InChI is InChI=1S/C19H26N6O2.2ClH/c1-12-22-13(2)24(23-12)8-4-7-21-19(27)18-15-9-14(10-20-11-15)16-5-3-6-17(26)25(16)18;;/h3,5-6,14-15,18,20H,4,7-11H2,1-2H3,(H,21,27);2*1H/t14-,15+,18-;;/m1../s1. The number of fused-ring (bicyclic) bond motifs is 4. The van der Waals surface area contributed by atoms with Crippen molar-refractivity contribution in [2.45, 2.75) is 45.2 Å². The van der Waals surface area contributed by atoms with Gasteiger partial charge in [0.2, 0.25) is 5.91 Å². The van der Waals surface area contributed by atoms with Crippen LogP contribution in [-0.4, -0.2) is 44.9 Å². The van der Waals surface area contributed by atoms with Crippen LogP contribution in [0.4, 0.5) is 0 Å². The second kappa shape index (κ2) is 9.73. The lowest BCUT2D eigenvalue weighted by molar-refractivity contribution is -0.127. The molecular weight excluding hydrogens is 415 g/mol. The minimum absolute atomic E-state index is 0. The monoisotopic (exact) mass is 442 g/mol. The van der Waals surface area contributed by atoms with Crippen molar-refractivity contribution in [2.24, 2.45) is 5.92 Å². The summed E-state index contributed by atoms with van der Waals surface area (Å²) in [5, 5.41) is 10.8. The Bertz CT molecular complexity index is 912. The summed E-state index contributed by atoms with van der Waals surface area (Å²) in [5.74, 6) is 2.03. The van der Waals surface area contributed by atoms with Crippen LogP contribution in [0, 0.1) is 19.8 Å². The van der Waals surface area contributed by atoms with E-state index in [4.69, 9.17) is 0 Å². The van der Waals surface area contributed by atoms with E-state index >= 15 is 0 Å². The molecule has 2 aliphatic heterocycles. The average Bonchev–Trinajstić information content (AvgIpc) is 2.97. The summed E-state index contributed by atoms with van der Waals surface area (Å²) >= 11 is 0. The largest absolute Gasteiger partial charge is 0.354 e. The second-order valence-corrected chi connectivity index (χ2v) is 7.53. The van der Waals surface area contributed by atoms with Gasteiger partial charge in [0.1, 0.15) is 17.7 Å². The van der Waals surface area contributed by atoms with Gasteiger partial charge < -0.3 is 10.6 Å². The molecule has 0 spiro atoms. The third-order valence-corrected chi connectivity index (χ3v) is 5.63. The predicted octanol–water partition coefficient (Wildman–Crippen LogP) is 1.35. The Morgan fingerprint density at radius 3 is 2.79 bits per heavy atom. The Morgan fingerprint density at radius 1 is 1.28 bits per heavy atom. The molecule has 29 heavy (non-hydrogen) atoms. The van der Waals surface area contributed by atoms with E-state index in [1.807, 2.05) is 24.6 Å². The SMILES string of the molecule is Cc1nc(C)n(CCCNC(=O)[C@H]2[C@@H]3CNC[C@@H](C3)c3cccc(=O)n32)n1.Cl.Cl. The number of amides is 1. The molecule has 0 saturated carbocycles. The molecule has 160 valence electrons. The molecule has 0 aliphatic carbocycles. The van der Waals surface area contributed by atoms with Gasteiger partial charge in [-0.1, -0.05) is 6.07 Å². The van der Waals surface area contributed by atoms with Crippen molar-refractivity contribution < 1.29 is 4.79 Å². The Hall–Kier alpha value is -1.90. The Kier molecular flexibility index (Phi) is 7.85. The summed E-state index contributed by atoms with van der Waals surface area (Å²) in [6.07, 6.45) is 1.72. The number of aryl methyl sites for hydroxylation is 3. The van der Waals surface area contributed by atoms with Crippen molar-refractivity contribution in [3.05, 3.63) is 45.9 Å². The molecule has 1 saturated heterocycles. The van der Waals surface area contributed by atoms with E-state index in [2.05, 4.69) is 20.7 Å². The van der Waals surface area contributed by atoms with Crippen molar-refractivity contribution in [3.8, 4) is 0 Å². The number of rotatable bonds is 5. The van der Waals surface area contributed by atoms with Crippen LogP contribution >= 0.6 is 24.8 Å². The maximum Gasteiger partial charge on any atom is 0.251 e. The van der Waals surface area contributed by atoms with Crippen LogP contribution in [0.3, 0.4) is 0 Å². The van der Waals surface area contributed by atoms with Crippen molar-refractivity contribution in [2.75, 3.05) is 19.6 Å². The van der Waals surface area contributed by atoms with Crippen LogP contribution in [0.15, 0.2) is 23.0 Å². The summed E-state index contributed by atoms with van der Waals surface area (Å²) in [4.78, 5) is 29.8. The number of carbonyl (C=O) groups is 1. The zero-order chi connectivity index (χ0) is 19.0. The summed E-state index contributed by atoms with van der Waals surface area (Å²) in [6, 6.07) is 4.88. The number of piperidine rings is 1. The molecule has 0 radical (unpaired) electrons. The smallest absolute Gasteiger partial charge is 0.251 e. The van der Waals surface area contributed by atoms with Gasteiger partial charge in [0.15, 0.2) is 0 Å². The lowest BCUT2D eigenvalue weighted by Crippen LogP contribution is -2.52. The summed E-state index contributed by atoms with van der Waals surface area (Å²) in [7, 11) is 0.